The second-order valence-corrected chi connectivity index (χ2v) is 6.55. The molecular formula is C17H15ClN4O2S. The number of nitrogens with one attached hydrogen (secondary N) is 2. The van der Waals surface area contributed by atoms with Crippen LogP contribution in [0.4, 0.5) is 15.6 Å². The molecule has 0 spiro atoms. The minimum Gasteiger partial charge on any atom is -0.483 e. The SMILES string of the molecule is CC(Oc1ccccc1)c1nnc(NC(=O)Nc2cccc(Cl)c2)s1. The third-order valence-electron chi connectivity index (χ3n) is 3.15. The van der Waals surface area contributed by atoms with Gasteiger partial charge < -0.3 is 10.1 Å². The van der Waals surface area contributed by atoms with Crippen LogP contribution in [0.3, 0.4) is 0 Å². The molecule has 1 aromatic heterocycles. The maximum atomic E-state index is 12.0. The highest BCUT2D eigenvalue weighted by Gasteiger charge is 2.15. The van der Waals surface area contributed by atoms with E-state index < -0.39 is 6.03 Å². The first-order chi connectivity index (χ1) is 12.1. The van der Waals surface area contributed by atoms with Crippen LogP contribution in [0, 0.1) is 0 Å². The Bertz CT molecular complexity index is 857. The maximum absolute atomic E-state index is 12.0. The monoisotopic (exact) mass is 374 g/mol. The van der Waals surface area contributed by atoms with E-state index in [4.69, 9.17) is 16.3 Å². The Morgan fingerprint density at radius 2 is 1.92 bits per heavy atom. The van der Waals surface area contributed by atoms with E-state index in [0.29, 0.717) is 20.8 Å². The standard InChI is InChI=1S/C17H15ClN4O2S/c1-11(24-14-8-3-2-4-9-14)15-21-22-17(25-15)20-16(23)19-13-7-5-6-12(18)10-13/h2-11H,1H3,(H2,19,20,22,23). The predicted octanol–water partition coefficient (Wildman–Crippen LogP) is 4.98. The Morgan fingerprint density at radius 1 is 1.12 bits per heavy atom. The Kier molecular flexibility index (Phi) is 5.47. The largest absolute Gasteiger partial charge is 0.483 e. The lowest BCUT2D eigenvalue weighted by Crippen LogP contribution is -2.19. The summed E-state index contributed by atoms with van der Waals surface area (Å²) in [6.07, 6.45) is -0.272. The van der Waals surface area contributed by atoms with Crippen molar-refractivity contribution < 1.29 is 9.53 Å². The molecule has 0 bridgehead atoms. The Hall–Kier alpha value is -2.64. The number of aromatic nitrogens is 2. The van der Waals surface area contributed by atoms with Gasteiger partial charge in [-0.05, 0) is 37.3 Å². The second-order valence-electron chi connectivity index (χ2n) is 5.11. The molecule has 8 heteroatoms. The predicted molar refractivity (Wildman–Crippen MR) is 99.5 cm³/mol. The average molecular weight is 375 g/mol. The lowest BCUT2D eigenvalue weighted by atomic mass is 10.3. The minimum atomic E-state index is -0.415. The van der Waals surface area contributed by atoms with Gasteiger partial charge in [-0.3, -0.25) is 5.32 Å². The fourth-order valence-corrected chi connectivity index (χ4v) is 2.94. The normalized spacial score (nSPS) is 11.6. The summed E-state index contributed by atoms with van der Waals surface area (Å²) in [5.41, 5.74) is 0.593. The van der Waals surface area contributed by atoms with Gasteiger partial charge in [0.15, 0.2) is 5.01 Å². The van der Waals surface area contributed by atoms with Crippen LogP contribution < -0.4 is 15.4 Å². The fourth-order valence-electron chi connectivity index (χ4n) is 2.03. The molecule has 25 heavy (non-hydrogen) atoms. The molecule has 0 fully saturated rings. The summed E-state index contributed by atoms with van der Waals surface area (Å²) < 4.78 is 5.79. The quantitative estimate of drug-likeness (QED) is 0.660. The van der Waals surface area contributed by atoms with E-state index in [0.717, 1.165) is 5.75 Å². The van der Waals surface area contributed by atoms with Crippen molar-refractivity contribution in [3.63, 3.8) is 0 Å². The molecule has 2 aromatic carbocycles. The van der Waals surface area contributed by atoms with Crippen LogP contribution in [-0.2, 0) is 0 Å². The first-order valence-electron chi connectivity index (χ1n) is 7.49. The van der Waals surface area contributed by atoms with E-state index in [1.807, 2.05) is 37.3 Å². The number of carbonyl (C=O) groups excluding carboxylic acids is 1. The highest BCUT2D eigenvalue weighted by atomic mass is 35.5. The molecule has 0 aliphatic rings. The average Bonchev–Trinajstić information content (AvgIpc) is 3.04. The van der Waals surface area contributed by atoms with E-state index in [9.17, 15) is 4.79 Å². The summed E-state index contributed by atoms with van der Waals surface area (Å²) in [5, 5.41) is 15.0. The topological polar surface area (TPSA) is 76.1 Å². The zero-order valence-corrected chi connectivity index (χ0v) is 14.8. The Morgan fingerprint density at radius 3 is 2.68 bits per heavy atom. The smallest absolute Gasteiger partial charge is 0.325 e. The number of halogens is 1. The second kappa shape index (κ2) is 7.96. The molecule has 0 aliphatic heterocycles. The van der Waals surface area contributed by atoms with Gasteiger partial charge in [-0.15, -0.1) is 10.2 Å². The molecule has 1 heterocycles. The van der Waals surface area contributed by atoms with Crippen molar-refractivity contribution in [1.29, 1.82) is 0 Å². The number of hydrogen-bond donors (Lipinski definition) is 2. The molecule has 0 radical (unpaired) electrons. The first kappa shape index (κ1) is 17.2. The van der Waals surface area contributed by atoms with E-state index in [-0.39, 0.29) is 6.10 Å². The number of benzene rings is 2. The highest BCUT2D eigenvalue weighted by Crippen LogP contribution is 2.26. The van der Waals surface area contributed by atoms with E-state index in [1.54, 1.807) is 24.3 Å². The number of rotatable bonds is 5. The van der Waals surface area contributed by atoms with Crippen molar-refractivity contribution >= 4 is 39.8 Å². The van der Waals surface area contributed by atoms with Gasteiger partial charge >= 0.3 is 6.03 Å². The number of hydrogen-bond acceptors (Lipinski definition) is 5. The Labute approximate surface area is 153 Å². The maximum Gasteiger partial charge on any atom is 0.325 e. The molecule has 1 unspecified atom stereocenters. The molecule has 0 saturated heterocycles. The summed E-state index contributed by atoms with van der Waals surface area (Å²) in [5.74, 6) is 0.749. The molecular weight excluding hydrogens is 360 g/mol. The van der Waals surface area contributed by atoms with Crippen molar-refractivity contribution in [1.82, 2.24) is 10.2 Å². The highest BCUT2D eigenvalue weighted by molar-refractivity contribution is 7.15. The molecule has 1 atom stereocenters. The Balaban J connectivity index is 1.58. The van der Waals surface area contributed by atoms with Gasteiger partial charge in [0.1, 0.15) is 11.9 Å². The van der Waals surface area contributed by atoms with Crippen molar-refractivity contribution in [2.75, 3.05) is 10.6 Å². The third kappa shape index (κ3) is 4.91. The summed E-state index contributed by atoms with van der Waals surface area (Å²) in [7, 11) is 0. The van der Waals surface area contributed by atoms with Crippen LogP contribution >= 0.6 is 22.9 Å². The van der Waals surface area contributed by atoms with E-state index in [1.165, 1.54) is 11.3 Å². The van der Waals surface area contributed by atoms with Crippen LogP contribution in [0.25, 0.3) is 0 Å². The minimum absolute atomic E-state index is 0.272. The van der Waals surface area contributed by atoms with Crippen LogP contribution in [0.5, 0.6) is 5.75 Å². The van der Waals surface area contributed by atoms with Crippen molar-refractivity contribution in [3.8, 4) is 5.75 Å². The molecule has 0 aliphatic carbocycles. The molecule has 3 aromatic rings. The van der Waals surface area contributed by atoms with Crippen molar-refractivity contribution in [2.45, 2.75) is 13.0 Å². The van der Waals surface area contributed by atoms with Crippen molar-refractivity contribution in [3.05, 3.63) is 64.6 Å². The lowest BCUT2D eigenvalue weighted by Gasteiger charge is -2.11. The fraction of sp³-hybridized carbons (Fsp3) is 0.118. The number of ether oxygens (including phenoxy) is 1. The summed E-state index contributed by atoms with van der Waals surface area (Å²) in [6.45, 7) is 1.88. The summed E-state index contributed by atoms with van der Waals surface area (Å²) in [4.78, 5) is 12.0. The van der Waals surface area contributed by atoms with Crippen LogP contribution in [-0.4, -0.2) is 16.2 Å². The number of carbonyl (C=O) groups is 1. The van der Waals surface area contributed by atoms with Crippen molar-refractivity contribution in [2.24, 2.45) is 0 Å². The molecule has 6 nitrogen and oxygen atoms in total. The number of anilines is 2. The molecule has 128 valence electrons. The number of amides is 2. The number of urea groups is 1. The number of para-hydroxylation sites is 1. The van der Waals surface area contributed by atoms with Gasteiger partial charge in [0.05, 0.1) is 0 Å². The molecule has 3 rings (SSSR count). The zero-order chi connectivity index (χ0) is 17.6. The van der Waals surface area contributed by atoms with Crippen LogP contribution in [0.1, 0.15) is 18.0 Å². The first-order valence-corrected chi connectivity index (χ1v) is 8.68. The van der Waals surface area contributed by atoms with Gasteiger partial charge in [-0.2, -0.15) is 0 Å². The van der Waals surface area contributed by atoms with E-state index >= 15 is 0 Å². The van der Waals surface area contributed by atoms with Gasteiger partial charge in [-0.1, -0.05) is 47.2 Å². The summed E-state index contributed by atoms with van der Waals surface area (Å²) in [6, 6.07) is 15.9. The molecule has 2 N–H and O–H groups in total. The van der Waals surface area contributed by atoms with E-state index in [2.05, 4.69) is 20.8 Å². The van der Waals surface area contributed by atoms with Gasteiger partial charge in [-0.25, -0.2) is 4.79 Å². The zero-order valence-electron chi connectivity index (χ0n) is 13.3. The number of nitrogens with zero attached hydrogens (tertiary/aromatic N) is 2. The van der Waals surface area contributed by atoms with Gasteiger partial charge in [0.2, 0.25) is 5.13 Å². The van der Waals surface area contributed by atoms with Gasteiger partial charge in [0.25, 0.3) is 0 Å². The molecule has 2 amide bonds. The van der Waals surface area contributed by atoms with Crippen LogP contribution in [0.15, 0.2) is 54.6 Å². The molecule has 0 saturated carbocycles. The van der Waals surface area contributed by atoms with Gasteiger partial charge in [0, 0.05) is 10.7 Å². The third-order valence-corrected chi connectivity index (χ3v) is 4.38. The van der Waals surface area contributed by atoms with Crippen LogP contribution in [0.2, 0.25) is 5.02 Å². The summed E-state index contributed by atoms with van der Waals surface area (Å²) >= 11 is 7.14. The lowest BCUT2D eigenvalue weighted by molar-refractivity contribution is 0.225.